The van der Waals surface area contributed by atoms with Crippen LogP contribution in [0.4, 0.5) is 26.3 Å². The minimum atomic E-state index is -4.43. The molecule has 0 spiro atoms. The van der Waals surface area contributed by atoms with Gasteiger partial charge < -0.3 is 4.74 Å². The number of halogens is 6. The van der Waals surface area contributed by atoms with Crippen molar-refractivity contribution >= 4 is 0 Å². The van der Waals surface area contributed by atoms with Crippen LogP contribution in [0.5, 0.6) is 0 Å². The summed E-state index contributed by atoms with van der Waals surface area (Å²) < 4.78 is 76.2. The summed E-state index contributed by atoms with van der Waals surface area (Å²) >= 11 is 0. The van der Waals surface area contributed by atoms with Gasteiger partial charge in [-0.3, -0.25) is 4.68 Å². The van der Waals surface area contributed by atoms with Crippen molar-refractivity contribution in [1.82, 2.24) is 9.78 Å². The molecule has 1 aromatic rings. The van der Waals surface area contributed by atoms with E-state index in [9.17, 15) is 26.3 Å². The van der Waals surface area contributed by atoms with Crippen LogP contribution < -0.4 is 0 Å². The van der Waals surface area contributed by atoms with Gasteiger partial charge in [-0.25, -0.2) is 0 Å². The molecule has 9 heteroatoms. The summed E-state index contributed by atoms with van der Waals surface area (Å²) in [5.41, 5.74) is 0.154. The summed E-state index contributed by atoms with van der Waals surface area (Å²) in [5, 5.41) is 3.66. The third-order valence-electron chi connectivity index (χ3n) is 1.84. The number of nitrogens with zero attached hydrogens (tertiary/aromatic N) is 2. The van der Waals surface area contributed by atoms with Crippen molar-refractivity contribution in [3.05, 3.63) is 18.0 Å². The van der Waals surface area contributed by atoms with Gasteiger partial charge in [-0.1, -0.05) is 0 Å². The Kier molecular flexibility index (Phi) is 4.60. The molecule has 0 fully saturated rings. The van der Waals surface area contributed by atoms with E-state index in [2.05, 4.69) is 9.84 Å². The molecular formula is C9H10F6N2O. The van der Waals surface area contributed by atoms with E-state index >= 15 is 0 Å². The average molecular weight is 276 g/mol. The first kappa shape index (κ1) is 14.8. The van der Waals surface area contributed by atoms with Crippen LogP contribution >= 0.6 is 0 Å². The molecule has 3 nitrogen and oxygen atoms in total. The van der Waals surface area contributed by atoms with Crippen molar-refractivity contribution in [1.29, 1.82) is 0 Å². The molecule has 0 amide bonds. The van der Waals surface area contributed by atoms with Crippen LogP contribution in [0.15, 0.2) is 12.3 Å². The largest absolute Gasteiger partial charge is 0.411 e. The molecule has 0 unspecified atom stereocenters. The smallest absolute Gasteiger partial charge is 0.366 e. The lowest BCUT2D eigenvalue weighted by molar-refractivity contribution is -0.176. The molecule has 1 aromatic heterocycles. The fourth-order valence-corrected chi connectivity index (χ4v) is 1.12. The molecular weight excluding hydrogens is 266 g/mol. The van der Waals surface area contributed by atoms with Gasteiger partial charge in [0.1, 0.15) is 6.61 Å². The summed E-state index contributed by atoms with van der Waals surface area (Å²) in [4.78, 5) is 0. The summed E-state index contributed by atoms with van der Waals surface area (Å²) in [6.07, 6.45) is -8.51. The monoisotopic (exact) mass is 276 g/mol. The second kappa shape index (κ2) is 5.59. The minimum Gasteiger partial charge on any atom is -0.366 e. The molecule has 0 radical (unpaired) electrons. The Morgan fingerprint density at radius 2 is 1.78 bits per heavy atom. The first-order valence-corrected chi connectivity index (χ1v) is 4.89. The number of rotatable bonds is 5. The van der Waals surface area contributed by atoms with E-state index in [1.54, 1.807) is 0 Å². The lowest BCUT2D eigenvalue weighted by atomic mass is 10.4. The van der Waals surface area contributed by atoms with Crippen molar-refractivity contribution in [2.24, 2.45) is 0 Å². The van der Waals surface area contributed by atoms with E-state index in [-0.39, 0.29) is 12.2 Å². The van der Waals surface area contributed by atoms with Crippen molar-refractivity contribution in [2.45, 2.75) is 31.9 Å². The first-order valence-electron chi connectivity index (χ1n) is 4.89. The summed E-state index contributed by atoms with van der Waals surface area (Å²) in [7, 11) is 0. The lowest BCUT2D eigenvalue weighted by Crippen LogP contribution is -2.17. The van der Waals surface area contributed by atoms with Crippen molar-refractivity contribution in [3.8, 4) is 0 Å². The van der Waals surface area contributed by atoms with Gasteiger partial charge in [0.2, 0.25) is 0 Å². The molecule has 0 N–H and O–H groups in total. The molecule has 104 valence electrons. The molecule has 1 rings (SSSR count). The molecule has 0 atom stereocenters. The fraction of sp³-hybridized carbons (Fsp3) is 0.667. The van der Waals surface area contributed by atoms with E-state index in [1.807, 2.05) is 0 Å². The van der Waals surface area contributed by atoms with Gasteiger partial charge >= 0.3 is 12.4 Å². The predicted molar refractivity (Wildman–Crippen MR) is 48.6 cm³/mol. The van der Waals surface area contributed by atoms with E-state index < -0.39 is 32.0 Å². The standard InChI is InChI=1S/C9H10F6N2O/c10-8(11,12)2-4-17-3-1-7(16-17)5-18-6-9(13,14)15/h1,3H,2,4-6H2. The van der Waals surface area contributed by atoms with Gasteiger partial charge in [0.15, 0.2) is 0 Å². The zero-order valence-corrected chi connectivity index (χ0v) is 9.05. The topological polar surface area (TPSA) is 27.1 Å². The maximum atomic E-state index is 11.9. The Hall–Kier alpha value is -1.25. The maximum absolute atomic E-state index is 11.9. The average Bonchev–Trinajstić information content (AvgIpc) is 2.60. The highest BCUT2D eigenvalue weighted by Crippen LogP contribution is 2.20. The minimum absolute atomic E-state index is 0.154. The number of hydrogen-bond donors (Lipinski definition) is 0. The van der Waals surface area contributed by atoms with Gasteiger partial charge in [0.05, 0.1) is 18.7 Å². The summed E-state index contributed by atoms with van der Waals surface area (Å²) in [6, 6.07) is 1.31. The van der Waals surface area contributed by atoms with Crippen molar-refractivity contribution in [3.63, 3.8) is 0 Å². The number of ether oxygens (including phenoxy) is 1. The molecule has 0 aliphatic rings. The van der Waals surface area contributed by atoms with Crippen LogP contribution in [-0.4, -0.2) is 28.7 Å². The number of alkyl halides is 6. The SMILES string of the molecule is FC(F)(F)CCn1ccc(COCC(F)(F)F)n1. The molecule has 0 saturated carbocycles. The van der Waals surface area contributed by atoms with Crippen LogP contribution in [0.25, 0.3) is 0 Å². The Bertz CT molecular complexity index is 370. The number of hydrogen-bond acceptors (Lipinski definition) is 2. The first-order chi connectivity index (χ1) is 8.16. The van der Waals surface area contributed by atoms with Crippen LogP contribution in [0.3, 0.4) is 0 Å². The molecule has 0 aliphatic heterocycles. The Balaban J connectivity index is 2.35. The van der Waals surface area contributed by atoms with E-state index in [0.29, 0.717) is 0 Å². The highest BCUT2D eigenvalue weighted by atomic mass is 19.4. The second-order valence-electron chi connectivity index (χ2n) is 3.54. The molecule has 0 aromatic carbocycles. The Labute approximate surface area is 98.3 Å². The van der Waals surface area contributed by atoms with Crippen LogP contribution in [-0.2, 0) is 17.9 Å². The predicted octanol–water partition coefficient (Wildman–Crippen LogP) is 2.91. The fourth-order valence-electron chi connectivity index (χ4n) is 1.12. The number of aromatic nitrogens is 2. The molecule has 18 heavy (non-hydrogen) atoms. The Morgan fingerprint density at radius 3 is 2.33 bits per heavy atom. The van der Waals surface area contributed by atoms with Crippen LogP contribution in [0.2, 0.25) is 0 Å². The molecule has 0 bridgehead atoms. The van der Waals surface area contributed by atoms with Crippen LogP contribution in [0.1, 0.15) is 12.1 Å². The van der Waals surface area contributed by atoms with E-state index in [0.717, 1.165) is 4.68 Å². The van der Waals surface area contributed by atoms with Crippen LogP contribution in [0, 0.1) is 0 Å². The van der Waals surface area contributed by atoms with Gasteiger partial charge in [-0.05, 0) is 6.07 Å². The third kappa shape index (κ3) is 6.48. The highest BCUT2D eigenvalue weighted by Gasteiger charge is 2.28. The Morgan fingerprint density at radius 1 is 1.11 bits per heavy atom. The number of aryl methyl sites for hydroxylation is 1. The summed E-state index contributed by atoms with van der Waals surface area (Å²) in [5.74, 6) is 0. The summed E-state index contributed by atoms with van der Waals surface area (Å²) in [6.45, 7) is -2.18. The van der Waals surface area contributed by atoms with Crippen molar-refractivity contribution in [2.75, 3.05) is 6.61 Å². The van der Waals surface area contributed by atoms with E-state index in [4.69, 9.17) is 0 Å². The van der Waals surface area contributed by atoms with E-state index in [1.165, 1.54) is 12.3 Å². The van der Waals surface area contributed by atoms with Gasteiger partial charge in [-0.2, -0.15) is 31.4 Å². The normalized spacial score (nSPS) is 13.0. The molecule has 1 heterocycles. The zero-order valence-electron chi connectivity index (χ0n) is 9.05. The maximum Gasteiger partial charge on any atom is 0.411 e. The van der Waals surface area contributed by atoms with Gasteiger partial charge in [-0.15, -0.1) is 0 Å². The lowest BCUT2D eigenvalue weighted by Gasteiger charge is -2.06. The quantitative estimate of drug-likeness (QED) is 0.773. The molecule has 0 aliphatic carbocycles. The third-order valence-corrected chi connectivity index (χ3v) is 1.84. The van der Waals surface area contributed by atoms with Crippen molar-refractivity contribution < 1.29 is 31.1 Å². The molecule has 0 saturated heterocycles. The zero-order chi connectivity index (χ0) is 13.8. The second-order valence-corrected chi connectivity index (χ2v) is 3.54. The van der Waals surface area contributed by atoms with Gasteiger partial charge in [0.25, 0.3) is 0 Å². The highest BCUT2D eigenvalue weighted by molar-refractivity contribution is 4.97. The van der Waals surface area contributed by atoms with Gasteiger partial charge in [0, 0.05) is 12.7 Å².